The van der Waals surface area contributed by atoms with Gasteiger partial charge in [0.15, 0.2) is 5.60 Å². The van der Waals surface area contributed by atoms with Crippen molar-refractivity contribution in [3.8, 4) is 0 Å². The fourth-order valence-corrected chi connectivity index (χ4v) is 5.54. The first-order valence-electron chi connectivity index (χ1n) is 8.57. The monoisotopic (exact) mass is 332 g/mol. The molecule has 0 aliphatic rings. The Kier molecular flexibility index (Phi) is 8.88. The van der Waals surface area contributed by atoms with E-state index in [1.807, 2.05) is 19.6 Å². The zero-order valence-corrected chi connectivity index (χ0v) is 16.4. The molecule has 0 amide bonds. The molecule has 0 saturated heterocycles. The lowest BCUT2D eigenvalue weighted by Crippen LogP contribution is -2.69. The van der Waals surface area contributed by atoms with E-state index in [9.17, 15) is 15.0 Å². The highest BCUT2D eigenvalue weighted by Gasteiger charge is 2.58. The zero-order chi connectivity index (χ0) is 17.4. The van der Waals surface area contributed by atoms with Crippen LogP contribution in [0.2, 0.25) is 19.6 Å². The number of hydrogen-bond acceptors (Lipinski definition) is 4. The van der Waals surface area contributed by atoms with Gasteiger partial charge in [0.1, 0.15) is 0 Å². The van der Waals surface area contributed by atoms with Gasteiger partial charge in [-0.05, 0) is 13.3 Å². The summed E-state index contributed by atoms with van der Waals surface area (Å²) in [6.45, 7) is 9.52. The van der Waals surface area contributed by atoms with E-state index in [0.717, 1.165) is 19.3 Å². The second-order valence-electron chi connectivity index (χ2n) is 7.55. The Morgan fingerprint density at radius 1 is 1.00 bits per heavy atom. The molecule has 2 N–H and O–H groups in total. The molecule has 0 aliphatic heterocycles. The molecule has 0 heterocycles. The third-order valence-corrected chi connectivity index (χ3v) is 7.99. The van der Waals surface area contributed by atoms with Crippen molar-refractivity contribution in [1.29, 1.82) is 0 Å². The van der Waals surface area contributed by atoms with E-state index in [1.54, 1.807) is 0 Å². The molecule has 0 unspecified atom stereocenters. The van der Waals surface area contributed by atoms with Gasteiger partial charge < -0.3 is 14.9 Å². The van der Waals surface area contributed by atoms with Crippen molar-refractivity contribution in [2.45, 2.75) is 95.7 Å². The van der Waals surface area contributed by atoms with Crippen molar-refractivity contribution < 1.29 is 19.7 Å². The maximum Gasteiger partial charge on any atom is 0.340 e. The van der Waals surface area contributed by atoms with Gasteiger partial charge in [-0.15, -0.1) is 0 Å². The SMILES string of the molecule is CCCCCCCCC[C@](O)([C@](C)(O)C(=O)OC)[Si](C)(C)C. The molecule has 132 valence electrons. The lowest BCUT2D eigenvalue weighted by molar-refractivity contribution is -0.180. The van der Waals surface area contributed by atoms with Gasteiger partial charge in [-0.3, -0.25) is 0 Å². The predicted molar refractivity (Wildman–Crippen MR) is 93.5 cm³/mol. The van der Waals surface area contributed by atoms with Crippen LogP contribution in [0, 0.1) is 0 Å². The molecule has 22 heavy (non-hydrogen) atoms. The molecule has 4 nitrogen and oxygen atoms in total. The molecule has 5 heteroatoms. The molecule has 0 aromatic rings. The Labute approximate surface area is 137 Å². The maximum absolute atomic E-state index is 11.9. The predicted octanol–water partition coefficient (Wildman–Crippen LogP) is 3.66. The van der Waals surface area contributed by atoms with Crippen molar-refractivity contribution in [1.82, 2.24) is 0 Å². The van der Waals surface area contributed by atoms with Gasteiger partial charge >= 0.3 is 5.97 Å². The Bertz CT molecular complexity index is 336. The van der Waals surface area contributed by atoms with Gasteiger partial charge in [-0.25, -0.2) is 4.79 Å². The quantitative estimate of drug-likeness (QED) is 0.344. The van der Waals surface area contributed by atoms with Crippen LogP contribution in [-0.4, -0.2) is 42.2 Å². The summed E-state index contributed by atoms with van der Waals surface area (Å²) in [5, 5.41) is 20.4. The van der Waals surface area contributed by atoms with Crippen LogP contribution in [-0.2, 0) is 9.53 Å². The molecule has 2 atom stereocenters. The number of aliphatic hydroxyl groups is 2. The second-order valence-corrected chi connectivity index (χ2v) is 12.9. The summed E-state index contributed by atoms with van der Waals surface area (Å²) < 4.78 is 4.70. The largest absolute Gasteiger partial charge is 0.467 e. The number of ether oxygens (including phenoxy) is 1. The van der Waals surface area contributed by atoms with E-state index in [-0.39, 0.29) is 0 Å². The first-order chi connectivity index (χ1) is 10.0. The van der Waals surface area contributed by atoms with Crippen LogP contribution in [0.15, 0.2) is 0 Å². The van der Waals surface area contributed by atoms with Crippen LogP contribution in [0.25, 0.3) is 0 Å². The normalized spacial score (nSPS) is 17.6. The summed E-state index contributed by atoms with van der Waals surface area (Å²) >= 11 is 0. The number of hydrogen-bond donors (Lipinski definition) is 2. The van der Waals surface area contributed by atoms with Crippen LogP contribution in [0.3, 0.4) is 0 Å². The average molecular weight is 333 g/mol. The lowest BCUT2D eigenvalue weighted by Gasteiger charge is -2.47. The van der Waals surface area contributed by atoms with E-state index >= 15 is 0 Å². The molecule has 0 aromatic carbocycles. The molecule has 0 fully saturated rings. The molecule has 0 bridgehead atoms. The number of esters is 1. The van der Waals surface area contributed by atoms with Gasteiger partial charge in [-0.2, -0.15) is 0 Å². The number of rotatable bonds is 11. The Balaban J connectivity index is 4.70. The van der Waals surface area contributed by atoms with Gasteiger partial charge in [0, 0.05) is 0 Å². The Morgan fingerprint density at radius 3 is 1.86 bits per heavy atom. The smallest absolute Gasteiger partial charge is 0.340 e. The Hall–Kier alpha value is -0.393. The van der Waals surface area contributed by atoms with Crippen molar-refractivity contribution in [3.63, 3.8) is 0 Å². The van der Waals surface area contributed by atoms with Crippen LogP contribution in [0.5, 0.6) is 0 Å². The van der Waals surface area contributed by atoms with Gasteiger partial charge in [0.25, 0.3) is 0 Å². The first-order valence-corrected chi connectivity index (χ1v) is 12.1. The number of methoxy groups -OCH3 is 1. The van der Waals surface area contributed by atoms with Gasteiger partial charge in [0.05, 0.1) is 20.4 Å². The van der Waals surface area contributed by atoms with Crippen LogP contribution in [0.4, 0.5) is 0 Å². The van der Waals surface area contributed by atoms with Crippen LogP contribution < -0.4 is 0 Å². The molecule has 0 spiro atoms. The standard InChI is InChI=1S/C17H36O4Si/c1-7-8-9-10-11-12-13-14-17(20,22(4,5)6)16(2,19)15(18)21-3/h19-20H,7-14H2,1-6H3/t16-,17-/m1/s1. The topological polar surface area (TPSA) is 66.8 Å². The van der Waals surface area contributed by atoms with E-state index in [0.29, 0.717) is 6.42 Å². The average Bonchev–Trinajstić information content (AvgIpc) is 2.43. The van der Waals surface area contributed by atoms with Crippen LogP contribution in [0.1, 0.15) is 65.2 Å². The third-order valence-electron chi connectivity index (χ3n) is 4.77. The molecule has 0 aliphatic carbocycles. The summed E-state index contributed by atoms with van der Waals surface area (Å²) in [4.78, 5) is 11.9. The molecule has 0 rings (SSSR count). The van der Waals surface area contributed by atoms with E-state index in [4.69, 9.17) is 4.74 Å². The summed E-state index contributed by atoms with van der Waals surface area (Å²) in [6, 6.07) is 0. The van der Waals surface area contributed by atoms with Crippen molar-refractivity contribution in [2.75, 3.05) is 7.11 Å². The summed E-state index contributed by atoms with van der Waals surface area (Å²) in [5.41, 5.74) is -1.85. The number of carbonyl (C=O) groups is 1. The van der Waals surface area contributed by atoms with Crippen molar-refractivity contribution in [3.05, 3.63) is 0 Å². The van der Waals surface area contributed by atoms with Crippen LogP contribution >= 0.6 is 0 Å². The highest BCUT2D eigenvalue weighted by atomic mass is 28.3. The number of carbonyl (C=O) groups excluding carboxylic acids is 1. The summed E-state index contributed by atoms with van der Waals surface area (Å²) in [6.07, 6.45) is 8.41. The minimum absolute atomic E-state index is 0.443. The van der Waals surface area contributed by atoms with Gasteiger partial charge in [-0.1, -0.05) is 71.5 Å². The molecular weight excluding hydrogens is 296 g/mol. The second kappa shape index (κ2) is 9.04. The first kappa shape index (κ1) is 21.6. The fourth-order valence-electron chi connectivity index (χ4n) is 3.05. The van der Waals surface area contributed by atoms with Crippen molar-refractivity contribution in [2.24, 2.45) is 0 Å². The minimum Gasteiger partial charge on any atom is -0.467 e. The molecule has 0 radical (unpaired) electrons. The maximum atomic E-state index is 11.9. The Morgan fingerprint density at radius 2 is 1.45 bits per heavy atom. The zero-order valence-electron chi connectivity index (χ0n) is 15.4. The van der Waals surface area contributed by atoms with Crippen molar-refractivity contribution >= 4 is 14.0 Å². The summed E-state index contributed by atoms with van der Waals surface area (Å²) in [5.74, 6) is -0.750. The molecular formula is C17H36O4Si. The van der Waals surface area contributed by atoms with E-state index in [1.165, 1.54) is 39.7 Å². The minimum atomic E-state index is -2.20. The van der Waals surface area contributed by atoms with E-state index in [2.05, 4.69) is 6.92 Å². The molecule has 0 saturated carbocycles. The third kappa shape index (κ3) is 5.35. The fraction of sp³-hybridized carbons (Fsp3) is 0.941. The summed E-state index contributed by atoms with van der Waals surface area (Å²) in [7, 11) is -0.957. The number of unbranched alkanes of at least 4 members (excludes halogenated alkanes) is 6. The van der Waals surface area contributed by atoms with E-state index < -0.39 is 24.9 Å². The highest BCUT2D eigenvalue weighted by Crippen LogP contribution is 2.37. The van der Waals surface area contributed by atoms with Gasteiger partial charge in [0.2, 0.25) is 0 Å². The molecule has 0 aromatic heterocycles. The lowest BCUT2D eigenvalue weighted by atomic mass is 9.93. The highest BCUT2D eigenvalue weighted by molar-refractivity contribution is 6.79.